The zero-order valence-corrected chi connectivity index (χ0v) is 8.54. The average Bonchev–Trinajstić information content (AvgIpc) is 2.20. The summed E-state index contributed by atoms with van der Waals surface area (Å²) in [6.07, 6.45) is 0. The summed E-state index contributed by atoms with van der Waals surface area (Å²) >= 11 is 0. The Kier molecular flexibility index (Phi) is 3.73. The molecule has 88 valence electrons. The number of rotatable bonds is 4. The van der Waals surface area contributed by atoms with Crippen LogP contribution in [0.25, 0.3) is 0 Å². The van der Waals surface area contributed by atoms with Crippen molar-refractivity contribution in [1.82, 2.24) is 0 Å². The van der Waals surface area contributed by atoms with Crippen LogP contribution in [0.2, 0.25) is 0 Å². The second-order valence-corrected chi connectivity index (χ2v) is 3.32. The molecule has 0 aliphatic carbocycles. The third-order valence-corrected chi connectivity index (χ3v) is 1.98. The molecule has 0 amide bonds. The lowest BCUT2D eigenvalue weighted by atomic mass is 10.2. The van der Waals surface area contributed by atoms with Crippen LogP contribution >= 0.6 is 0 Å². The quantitative estimate of drug-likeness (QED) is 0.609. The Morgan fingerprint density at radius 1 is 1.56 bits per heavy atom. The van der Waals surface area contributed by atoms with Gasteiger partial charge in [0.15, 0.2) is 5.82 Å². The van der Waals surface area contributed by atoms with E-state index in [1.54, 1.807) is 6.92 Å². The van der Waals surface area contributed by atoms with E-state index in [-0.39, 0.29) is 18.3 Å². The van der Waals surface area contributed by atoms with Gasteiger partial charge in [-0.05, 0) is 6.92 Å². The van der Waals surface area contributed by atoms with Crippen LogP contribution in [0.5, 0.6) is 0 Å². The lowest BCUT2D eigenvalue weighted by Gasteiger charge is -2.13. The van der Waals surface area contributed by atoms with Crippen LogP contribution in [0.3, 0.4) is 0 Å². The summed E-state index contributed by atoms with van der Waals surface area (Å²) < 4.78 is 26.1. The number of nitro groups is 1. The van der Waals surface area contributed by atoms with E-state index in [2.05, 4.69) is 5.32 Å². The highest BCUT2D eigenvalue weighted by molar-refractivity contribution is 5.62. The van der Waals surface area contributed by atoms with Gasteiger partial charge >= 0.3 is 0 Å². The highest BCUT2D eigenvalue weighted by Crippen LogP contribution is 2.28. The number of nitrogens with two attached hydrogens (primary N) is 1. The second kappa shape index (κ2) is 4.84. The normalized spacial score (nSPS) is 12.2. The molecule has 0 bridgehead atoms. The van der Waals surface area contributed by atoms with Crippen molar-refractivity contribution >= 4 is 11.4 Å². The molecule has 3 N–H and O–H groups in total. The molecule has 7 heteroatoms. The maximum Gasteiger partial charge on any atom is 0.298 e. The van der Waals surface area contributed by atoms with E-state index >= 15 is 0 Å². The van der Waals surface area contributed by atoms with Crippen molar-refractivity contribution in [3.63, 3.8) is 0 Å². The fourth-order valence-corrected chi connectivity index (χ4v) is 1.15. The van der Waals surface area contributed by atoms with Crippen molar-refractivity contribution in [3.8, 4) is 0 Å². The number of anilines is 1. The van der Waals surface area contributed by atoms with Gasteiger partial charge in [-0.25, -0.2) is 8.78 Å². The van der Waals surface area contributed by atoms with Crippen molar-refractivity contribution in [2.75, 3.05) is 11.9 Å². The highest BCUT2D eigenvalue weighted by Gasteiger charge is 2.21. The molecule has 5 nitrogen and oxygen atoms in total. The van der Waals surface area contributed by atoms with Gasteiger partial charge in [-0.3, -0.25) is 10.1 Å². The lowest BCUT2D eigenvalue weighted by Crippen LogP contribution is -2.26. The van der Waals surface area contributed by atoms with Gasteiger partial charge in [0.25, 0.3) is 5.69 Å². The van der Waals surface area contributed by atoms with Crippen LogP contribution in [0, 0.1) is 21.7 Å². The van der Waals surface area contributed by atoms with E-state index in [1.807, 2.05) is 0 Å². The minimum atomic E-state index is -1.01. The molecule has 0 saturated heterocycles. The van der Waals surface area contributed by atoms with Crippen LogP contribution in [0.1, 0.15) is 6.92 Å². The number of benzene rings is 1. The monoisotopic (exact) mass is 231 g/mol. The minimum absolute atomic E-state index is 0.175. The zero-order chi connectivity index (χ0) is 12.3. The zero-order valence-electron chi connectivity index (χ0n) is 8.54. The van der Waals surface area contributed by atoms with Crippen molar-refractivity contribution in [2.45, 2.75) is 13.0 Å². The fraction of sp³-hybridized carbons (Fsp3) is 0.333. The minimum Gasteiger partial charge on any atom is -0.373 e. The first kappa shape index (κ1) is 12.3. The summed E-state index contributed by atoms with van der Waals surface area (Å²) in [5, 5.41) is 13.1. The third kappa shape index (κ3) is 2.63. The second-order valence-electron chi connectivity index (χ2n) is 3.32. The molecule has 0 radical (unpaired) electrons. The first-order valence-corrected chi connectivity index (χ1v) is 4.55. The van der Waals surface area contributed by atoms with Crippen LogP contribution in [0.4, 0.5) is 20.2 Å². The summed E-state index contributed by atoms with van der Waals surface area (Å²) in [4.78, 5) is 9.75. The number of nitro benzene ring substituents is 1. The Bertz CT molecular complexity index is 412. The van der Waals surface area contributed by atoms with Crippen molar-refractivity contribution < 1.29 is 13.7 Å². The summed E-state index contributed by atoms with van der Waals surface area (Å²) in [6.45, 7) is 1.81. The lowest BCUT2D eigenvalue weighted by molar-refractivity contribution is -0.384. The summed E-state index contributed by atoms with van der Waals surface area (Å²) in [5.41, 5.74) is 4.31. The van der Waals surface area contributed by atoms with Crippen LogP contribution in [-0.4, -0.2) is 17.5 Å². The van der Waals surface area contributed by atoms with E-state index in [0.717, 1.165) is 0 Å². The molecule has 0 heterocycles. The molecule has 1 aromatic rings. The van der Waals surface area contributed by atoms with E-state index in [4.69, 9.17) is 5.73 Å². The Morgan fingerprint density at radius 3 is 2.69 bits per heavy atom. The molecular formula is C9H11F2N3O2. The standard InChI is InChI=1S/C9H11F2N3O2/c1-5(4-12)13-9-7(11)2-6(10)3-8(9)14(15)16/h2-3,5,13H,4,12H2,1H3. The van der Waals surface area contributed by atoms with Crippen LogP contribution < -0.4 is 11.1 Å². The molecule has 0 aromatic heterocycles. The third-order valence-electron chi connectivity index (χ3n) is 1.98. The predicted molar refractivity (Wildman–Crippen MR) is 55.2 cm³/mol. The molecule has 1 aromatic carbocycles. The van der Waals surface area contributed by atoms with Gasteiger partial charge in [0.05, 0.1) is 11.0 Å². The van der Waals surface area contributed by atoms with E-state index < -0.39 is 22.2 Å². The highest BCUT2D eigenvalue weighted by atomic mass is 19.1. The molecule has 0 aliphatic rings. The Labute approximate surface area is 90.4 Å². The maximum atomic E-state index is 13.3. The maximum absolute atomic E-state index is 13.3. The predicted octanol–water partition coefficient (Wildman–Crippen LogP) is 1.63. The fourth-order valence-electron chi connectivity index (χ4n) is 1.15. The molecule has 16 heavy (non-hydrogen) atoms. The van der Waals surface area contributed by atoms with Crippen LogP contribution in [-0.2, 0) is 0 Å². The van der Waals surface area contributed by atoms with Gasteiger partial charge in [0.2, 0.25) is 0 Å². The van der Waals surface area contributed by atoms with Gasteiger partial charge < -0.3 is 11.1 Å². The summed E-state index contributed by atoms with van der Waals surface area (Å²) in [5.74, 6) is -2.00. The Hall–Kier alpha value is -1.76. The molecule has 0 fully saturated rings. The van der Waals surface area contributed by atoms with Gasteiger partial charge in [-0.15, -0.1) is 0 Å². The first-order valence-electron chi connectivity index (χ1n) is 4.55. The number of hydrogen-bond acceptors (Lipinski definition) is 4. The van der Waals surface area contributed by atoms with Crippen molar-refractivity contribution in [1.29, 1.82) is 0 Å². The van der Waals surface area contributed by atoms with Gasteiger partial charge in [-0.2, -0.15) is 0 Å². The number of nitrogens with one attached hydrogen (secondary N) is 1. The SMILES string of the molecule is CC(CN)Nc1c(F)cc(F)cc1[N+](=O)[O-]. The van der Waals surface area contributed by atoms with E-state index in [9.17, 15) is 18.9 Å². The smallest absolute Gasteiger partial charge is 0.298 e. The topological polar surface area (TPSA) is 81.2 Å². The van der Waals surface area contributed by atoms with Gasteiger partial charge in [0.1, 0.15) is 11.5 Å². The average molecular weight is 231 g/mol. The number of nitrogens with zero attached hydrogens (tertiary/aromatic N) is 1. The molecule has 1 unspecified atom stereocenters. The summed E-state index contributed by atoms with van der Waals surface area (Å²) in [6, 6.07) is 0.895. The Balaban J connectivity index is 3.19. The van der Waals surface area contributed by atoms with E-state index in [0.29, 0.717) is 12.1 Å². The van der Waals surface area contributed by atoms with Gasteiger partial charge in [-0.1, -0.05) is 0 Å². The summed E-state index contributed by atoms with van der Waals surface area (Å²) in [7, 11) is 0. The largest absolute Gasteiger partial charge is 0.373 e. The molecule has 0 aliphatic heterocycles. The van der Waals surface area contributed by atoms with E-state index in [1.165, 1.54) is 0 Å². The van der Waals surface area contributed by atoms with Crippen molar-refractivity contribution in [3.05, 3.63) is 33.9 Å². The molecular weight excluding hydrogens is 220 g/mol. The van der Waals surface area contributed by atoms with Gasteiger partial charge in [0, 0.05) is 18.7 Å². The van der Waals surface area contributed by atoms with Crippen LogP contribution in [0.15, 0.2) is 12.1 Å². The Morgan fingerprint density at radius 2 is 2.19 bits per heavy atom. The van der Waals surface area contributed by atoms with Crippen molar-refractivity contribution in [2.24, 2.45) is 5.73 Å². The molecule has 1 rings (SSSR count). The molecule has 0 spiro atoms. The molecule has 0 saturated carbocycles. The molecule has 1 atom stereocenters. The number of hydrogen-bond donors (Lipinski definition) is 2. The number of halogens is 2. The first-order chi connectivity index (χ1) is 7.45.